The Morgan fingerprint density at radius 2 is 2.33 bits per heavy atom. The first-order valence-electron chi connectivity index (χ1n) is 4.22. The third kappa shape index (κ3) is 2.64. The van der Waals surface area contributed by atoms with Gasteiger partial charge in [0.25, 0.3) is 0 Å². The first kappa shape index (κ1) is 10.9. The zero-order valence-corrected chi connectivity index (χ0v) is 7.77. The molecule has 0 fully saturated rings. The van der Waals surface area contributed by atoms with Crippen LogP contribution in [0.5, 0.6) is 0 Å². The fourth-order valence-electron chi connectivity index (χ4n) is 1.08. The van der Waals surface area contributed by atoms with Gasteiger partial charge in [0.2, 0.25) is 0 Å². The van der Waals surface area contributed by atoms with Gasteiger partial charge < -0.3 is 5.11 Å². The Morgan fingerprint density at radius 1 is 1.60 bits per heavy atom. The Labute approximate surface area is 86.1 Å². The number of carboxylic acid groups (broad SMARTS) is 1. The standard InChI is InChI=1S/C11H8FNO2/c12-10-8(4-1-2-7-13)5-3-6-9(10)11(14)15/h1,3-6H,2H2,(H,14,15). The van der Waals surface area contributed by atoms with Crippen LogP contribution in [0.1, 0.15) is 22.3 Å². The predicted octanol–water partition coefficient (Wildman–Crippen LogP) is 2.45. The fraction of sp³-hybridized carbons (Fsp3) is 0.0909. The molecule has 0 atom stereocenters. The molecule has 0 amide bonds. The van der Waals surface area contributed by atoms with E-state index >= 15 is 0 Å². The Hall–Kier alpha value is -2.15. The number of hydrogen-bond acceptors (Lipinski definition) is 2. The quantitative estimate of drug-likeness (QED) is 0.824. The van der Waals surface area contributed by atoms with Crippen molar-refractivity contribution < 1.29 is 14.3 Å². The van der Waals surface area contributed by atoms with Crippen LogP contribution in [0.2, 0.25) is 0 Å². The summed E-state index contributed by atoms with van der Waals surface area (Å²) in [4.78, 5) is 10.6. The van der Waals surface area contributed by atoms with E-state index in [0.717, 1.165) is 0 Å². The zero-order valence-electron chi connectivity index (χ0n) is 7.77. The van der Waals surface area contributed by atoms with Gasteiger partial charge in [0.1, 0.15) is 5.82 Å². The maximum Gasteiger partial charge on any atom is 0.338 e. The lowest BCUT2D eigenvalue weighted by molar-refractivity contribution is 0.0692. The molecule has 0 unspecified atom stereocenters. The molecular formula is C11H8FNO2. The molecule has 15 heavy (non-hydrogen) atoms. The molecule has 0 aliphatic carbocycles. The van der Waals surface area contributed by atoms with E-state index in [1.807, 2.05) is 6.07 Å². The minimum Gasteiger partial charge on any atom is -0.478 e. The van der Waals surface area contributed by atoms with Gasteiger partial charge in [0, 0.05) is 5.56 Å². The lowest BCUT2D eigenvalue weighted by atomic mass is 10.1. The number of allylic oxidation sites excluding steroid dienone is 1. The summed E-state index contributed by atoms with van der Waals surface area (Å²) in [5.41, 5.74) is -0.195. The normalized spacial score (nSPS) is 10.1. The smallest absolute Gasteiger partial charge is 0.338 e. The zero-order chi connectivity index (χ0) is 11.3. The molecule has 1 N–H and O–H groups in total. The highest BCUT2D eigenvalue weighted by molar-refractivity contribution is 5.88. The van der Waals surface area contributed by atoms with Crippen LogP contribution in [-0.2, 0) is 0 Å². The lowest BCUT2D eigenvalue weighted by Gasteiger charge is -2.00. The highest BCUT2D eigenvalue weighted by Crippen LogP contribution is 2.14. The van der Waals surface area contributed by atoms with Gasteiger partial charge in [-0.2, -0.15) is 5.26 Å². The molecule has 0 aromatic heterocycles. The molecule has 1 rings (SSSR count). The third-order valence-corrected chi connectivity index (χ3v) is 1.77. The highest BCUT2D eigenvalue weighted by atomic mass is 19.1. The van der Waals surface area contributed by atoms with Gasteiger partial charge in [-0.05, 0) is 6.07 Å². The number of carbonyl (C=O) groups is 1. The number of hydrogen-bond donors (Lipinski definition) is 1. The van der Waals surface area contributed by atoms with Crippen molar-refractivity contribution >= 4 is 12.0 Å². The first-order valence-corrected chi connectivity index (χ1v) is 4.22. The molecule has 1 aromatic carbocycles. The molecule has 3 nitrogen and oxygen atoms in total. The van der Waals surface area contributed by atoms with E-state index in [1.54, 1.807) is 0 Å². The molecule has 76 valence electrons. The van der Waals surface area contributed by atoms with Crippen molar-refractivity contribution in [2.75, 3.05) is 0 Å². The van der Waals surface area contributed by atoms with Crippen LogP contribution in [0.4, 0.5) is 4.39 Å². The molecule has 0 radical (unpaired) electrons. The van der Waals surface area contributed by atoms with Crippen molar-refractivity contribution in [3.05, 3.63) is 41.2 Å². The Bertz CT molecular complexity index is 446. The highest BCUT2D eigenvalue weighted by Gasteiger charge is 2.11. The molecule has 0 bridgehead atoms. The van der Waals surface area contributed by atoms with Crippen LogP contribution in [0.3, 0.4) is 0 Å². The van der Waals surface area contributed by atoms with Gasteiger partial charge in [-0.15, -0.1) is 0 Å². The fourth-order valence-corrected chi connectivity index (χ4v) is 1.08. The number of halogens is 1. The van der Waals surface area contributed by atoms with Gasteiger partial charge in [-0.1, -0.05) is 24.3 Å². The second-order valence-corrected chi connectivity index (χ2v) is 2.78. The largest absolute Gasteiger partial charge is 0.478 e. The molecule has 1 aromatic rings. The van der Waals surface area contributed by atoms with Gasteiger partial charge in [-0.25, -0.2) is 9.18 Å². The number of benzene rings is 1. The van der Waals surface area contributed by atoms with E-state index in [-0.39, 0.29) is 17.5 Å². The van der Waals surface area contributed by atoms with Crippen LogP contribution in [-0.4, -0.2) is 11.1 Å². The Balaban J connectivity index is 3.06. The molecule has 0 aliphatic rings. The van der Waals surface area contributed by atoms with Crippen molar-refractivity contribution in [3.8, 4) is 6.07 Å². The van der Waals surface area contributed by atoms with Crippen molar-refractivity contribution in [1.82, 2.24) is 0 Å². The van der Waals surface area contributed by atoms with Gasteiger partial charge >= 0.3 is 5.97 Å². The molecule has 0 saturated carbocycles. The molecule has 0 aliphatic heterocycles. The van der Waals surface area contributed by atoms with Crippen LogP contribution in [0, 0.1) is 17.1 Å². The average Bonchev–Trinajstić information content (AvgIpc) is 2.20. The van der Waals surface area contributed by atoms with Crippen molar-refractivity contribution in [2.45, 2.75) is 6.42 Å². The number of nitrogens with zero attached hydrogens (tertiary/aromatic N) is 1. The van der Waals surface area contributed by atoms with Crippen molar-refractivity contribution in [3.63, 3.8) is 0 Å². The minimum atomic E-state index is -1.30. The van der Waals surface area contributed by atoms with Crippen molar-refractivity contribution in [1.29, 1.82) is 5.26 Å². The van der Waals surface area contributed by atoms with E-state index < -0.39 is 11.8 Å². The van der Waals surface area contributed by atoms with E-state index in [0.29, 0.717) is 0 Å². The number of nitriles is 1. The van der Waals surface area contributed by atoms with Crippen LogP contribution in [0.25, 0.3) is 6.08 Å². The summed E-state index contributed by atoms with van der Waals surface area (Å²) >= 11 is 0. The first-order chi connectivity index (χ1) is 7.16. The van der Waals surface area contributed by atoms with Gasteiger partial charge in [-0.3, -0.25) is 0 Å². The molecule has 0 heterocycles. The van der Waals surface area contributed by atoms with Crippen LogP contribution in [0.15, 0.2) is 24.3 Å². The topological polar surface area (TPSA) is 61.1 Å². The number of rotatable bonds is 3. The number of carboxylic acids is 1. The second-order valence-electron chi connectivity index (χ2n) is 2.78. The lowest BCUT2D eigenvalue weighted by Crippen LogP contribution is -2.01. The number of aromatic carboxylic acids is 1. The Kier molecular flexibility index (Phi) is 3.58. The van der Waals surface area contributed by atoms with E-state index in [1.165, 1.54) is 30.4 Å². The minimum absolute atomic E-state index is 0.163. The summed E-state index contributed by atoms with van der Waals surface area (Å²) in [6, 6.07) is 5.97. The summed E-state index contributed by atoms with van der Waals surface area (Å²) < 4.78 is 13.4. The summed E-state index contributed by atoms with van der Waals surface area (Å²) in [6.07, 6.45) is 3.03. The van der Waals surface area contributed by atoms with Gasteiger partial charge in [0.05, 0.1) is 18.1 Å². The molecule has 0 saturated heterocycles. The van der Waals surface area contributed by atoms with Crippen LogP contribution < -0.4 is 0 Å². The summed E-state index contributed by atoms with van der Waals surface area (Å²) in [7, 11) is 0. The monoisotopic (exact) mass is 205 g/mol. The van der Waals surface area contributed by atoms with E-state index in [4.69, 9.17) is 10.4 Å². The maximum atomic E-state index is 13.4. The molecule has 0 spiro atoms. The summed E-state index contributed by atoms with van der Waals surface area (Å²) in [5, 5.41) is 16.9. The third-order valence-electron chi connectivity index (χ3n) is 1.77. The van der Waals surface area contributed by atoms with E-state index in [9.17, 15) is 9.18 Å². The van der Waals surface area contributed by atoms with Crippen LogP contribution >= 0.6 is 0 Å². The second kappa shape index (κ2) is 4.91. The maximum absolute atomic E-state index is 13.4. The summed E-state index contributed by atoms with van der Waals surface area (Å²) in [5.74, 6) is -2.08. The van der Waals surface area contributed by atoms with E-state index in [2.05, 4.69) is 0 Å². The van der Waals surface area contributed by atoms with Crippen molar-refractivity contribution in [2.24, 2.45) is 0 Å². The Morgan fingerprint density at radius 3 is 2.93 bits per heavy atom. The molecule has 4 heteroatoms. The predicted molar refractivity (Wildman–Crippen MR) is 52.6 cm³/mol. The SMILES string of the molecule is N#CCC=Cc1cccc(C(=O)O)c1F. The summed E-state index contributed by atoms with van der Waals surface area (Å²) in [6.45, 7) is 0. The van der Waals surface area contributed by atoms with Gasteiger partial charge in [0.15, 0.2) is 0 Å². The average molecular weight is 205 g/mol. The molecular weight excluding hydrogens is 197 g/mol.